The van der Waals surface area contributed by atoms with Gasteiger partial charge in [-0.15, -0.1) is 0 Å². The molecule has 0 saturated carbocycles. The summed E-state index contributed by atoms with van der Waals surface area (Å²) in [7, 11) is -3.11. The van der Waals surface area contributed by atoms with Crippen molar-refractivity contribution in [1.82, 2.24) is 0 Å². The number of carbonyl (C=O) groups is 1. The highest BCUT2D eigenvalue weighted by molar-refractivity contribution is 8.16. The lowest BCUT2D eigenvalue weighted by molar-refractivity contribution is -0.117. The molecule has 6 nitrogen and oxygen atoms in total. The summed E-state index contributed by atoms with van der Waals surface area (Å²) >= 11 is 1.39. The van der Waals surface area contributed by atoms with E-state index in [1.54, 1.807) is 0 Å². The number of fused-ring (bicyclic) bond motifs is 1. The van der Waals surface area contributed by atoms with E-state index < -0.39 is 9.84 Å². The molecule has 2 atom stereocenters. The van der Waals surface area contributed by atoms with Crippen LogP contribution in [0.5, 0.6) is 5.75 Å². The molecule has 1 amide bonds. The summed E-state index contributed by atoms with van der Waals surface area (Å²) in [5, 5.41) is 0.439. The maximum atomic E-state index is 12.7. The van der Waals surface area contributed by atoms with E-state index in [1.165, 1.54) is 11.8 Å². The molecule has 0 spiro atoms. The van der Waals surface area contributed by atoms with Gasteiger partial charge in [0, 0.05) is 17.0 Å². The van der Waals surface area contributed by atoms with E-state index in [9.17, 15) is 13.2 Å². The van der Waals surface area contributed by atoms with Crippen LogP contribution in [0, 0.1) is 0 Å². The van der Waals surface area contributed by atoms with Crippen molar-refractivity contribution in [2.24, 2.45) is 4.99 Å². The molecule has 2 aromatic rings. The van der Waals surface area contributed by atoms with Crippen molar-refractivity contribution in [3.05, 3.63) is 60.2 Å². The number of unbranched alkanes of at least 4 members (excludes halogenated alkanes) is 1. The van der Waals surface area contributed by atoms with Crippen molar-refractivity contribution >= 4 is 38.4 Å². The van der Waals surface area contributed by atoms with Gasteiger partial charge >= 0.3 is 0 Å². The molecule has 2 saturated heterocycles. The van der Waals surface area contributed by atoms with Crippen LogP contribution in [-0.4, -0.2) is 48.9 Å². The number of ether oxygens (including phenoxy) is 1. The average molecular weight is 459 g/mol. The fraction of sp³-hybridized carbons (Fsp3) is 0.391. The summed E-state index contributed by atoms with van der Waals surface area (Å²) < 4.78 is 30.4. The molecule has 31 heavy (non-hydrogen) atoms. The first kappa shape index (κ1) is 21.9. The first-order valence-electron chi connectivity index (χ1n) is 10.5. The monoisotopic (exact) mass is 458 g/mol. The van der Waals surface area contributed by atoms with Gasteiger partial charge in [-0.1, -0.05) is 61.5 Å². The third-order valence-corrected chi connectivity index (χ3v) is 8.56. The Bertz CT molecular complexity index is 1070. The molecule has 0 aliphatic carbocycles. The smallest absolute Gasteiger partial charge is 0.252 e. The highest BCUT2D eigenvalue weighted by Gasteiger charge is 2.49. The molecule has 0 bridgehead atoms. The van der Waals surface area contributed by atoms with Crippen LogP contribution < -0.4 is 9.64 Å². The van der Waals surface area contributed by atoms with Gasteiger partial charge in [0.05, 0.1) is 30.6 Å². The van der Waals surface area contributed by atoms with Crippen LogP contribution in [0.15, 0.2) is 59.6 Å². The fourth-order valence-electron chi connectivity index (χ4n) is 3.84. The molecule has 2 heterocycles. The third-order valence-electron chi connectivity index (χ3n) is 5.35. The Morgan fingerprint density at radius 2 is 1.97 bits per heavy atom. The Balaban J connectivity index is 1.61. The lowest BCUT2D eigenvalue weighted by atomic mass is 10.1. The molecule has 4 rings (SSSR count). The highest BCUT2D eigenvalue weighted by atomic mass is 32.2. The molecule has 0 unspecified atom stereocenters. The Hall–Kier alpha value is -2.32. The normalized spacial score (nSPS) is 23.1. The van der Waals surface area contributed by atoms with Crippen LogP contribution in [0.3, 0.4) is 0 Å². The molecule has 164 valence electrons. The number of rotatable bonds is 7. The zero-order chi connectivity index (χ0) is 21.8. The zero-order valence-electron chi connectivity index (χ0n) is 17.4. The predicted octanol–water partition coefficient (Wildman–Crippen LogP) is 3.71. The third kappa shape index (κ3) is 5.30. The van der Waals surface area contributed by atoms with Crippen molar-refractivity contribution in [2.75, 3.05) is 23.0 Å². The van der Waals surface area contributed by atoms with Crippen molar-refractivity contribution in [3.63, 3.8) is 0 Å². The minimum atomic E-state index is -3.11. The van der Waals surface area contributed by atoms with Gasteiger partial charge < -0.3 is 9.64 Å². The van der Waals surface area contributed by atoms with Gasteiger partial charge in [-0.2, -0.15) is 4.99 Å². The summed E-state index contributed by atoms with van der Waals surface area (Å²) in [6.45, 7) is 2.74. The maximum Gasteiger partial charge on any atom is 0.252 e. The molecule has 2 fully saturated rings. The van der Waals surface area contributed by atoms with Gasteiger partial charge in [0.1, 0.15) is 5.75 Å². The predicted molar refractivity (Wildman–Crippen MR) is 126 cm³/mol. The minimum absolute atomic E-state index is 0.0669. The first-order chi connectivity index (χ1) is 14.9. The van der Waals surface area contributed by atoms with Gasteiger partial charge in [-0.05, 0) is 24.1 Å². The standard InChI is InChI=1S/C23H26N2O4S2/c1-2-3-12-29-19-11-7-10-18(14-19)25-20-15-31(27,28)16-21(20)30-23(25)24-22(26)13-17-8-5-4-6-9-17/h4-11,14,20-21H,2-3,12-13,15-16H2,1H3/t20-,21+/m1/s1. The summed E-state index contributed by atoms with van der Waals surface area (Å²) in [5.74, 6) is 0.668. The molecule has 0 aromatic heterocycles. The second-order valence-corrected chi connectivity index (χ2v) is 11.2. The van der Waals surface area contributed by atoms with E-state index in [2.05, 4.69) is 11.9 Å². The quantitative estimate of drug-likeness (QED) is 0.589. The number of hydrogen-bond acceptors (Lipinski definition) is 5. The van der Waals surface area contributed by atoms with E-state index in [-0.39, 0.29) is 35.1 Å². The summed E-state index contributed by atoms with van der Waals surface area (Å²) in [6.07, 6.45) is 2.23. The molecule has 0 N–H and O–H groups in total. The van der Waals surface area contributed by atoms with Gasteiger partial charge in [-0.3, -0.25) is 4.79 Å². The average Bonchev–Trinajstić information content (AvgIpc) is 3.19. The first-order valence-corrected chi connectivity index (χ1v) is 13.2. The molecule has 2 aromatic carbocycles. The van der Waals surface area contributed by atoms with Crippen LogP contribution in [0.25, 0.3) is 0 Å². The van der Waals surface area contributed by atoms with Gasteiger partial charge in [0.15, 0.2) is 15.0 Å². The Morgan fingerprint density at radius 1 is 1.16 bits per heavy atom. The topological polar surface area (TPSA) is 76.0 Å². The maximum absolute atomic E-state index is 12.7. The van der Waals surface area contributed by atoms with Crippen LogP contribution in [0.4, 0.5) is 5.69 Å². The fourth-order valence-corrected chi connectivity index (χ4v) is 7.77. The molecular weight excluding hydrogens is 432 g/mol. The van der Waals surface area contributed by atoms with Crippen LogP contribution in [0.2, 0.25) is 0 Å². The molecule has 2 aliphatic rings. The Kier molecular flexibility index (Phi) is 6.67. The van der Waals surface area contributed by atoms with E-state index in [1.807, 2.05) is 59.5 Å². The number of amidine groups is 1. The highest BCUT2D eigenvalue weighted by Crippen LogP contribution is 2.41. The van der Waals surface area contributed by atoms with Crippen molar-refractivity contribution in [1.29, 1.82) is 0 Å². The number of nitrogens with zero attached hydrogens (tertiary/aromatic N) is 2. The molecular formula is C23H26N2O4S2. The lowest BCUT2D eigenvalue weighted by Gasteiger charge is -2.25. The summed E-state index contributed by atoms with van der Waals surface area (Å²) in [6, 6.07) is 16.9. The van der Waals surface area contributed by atoms with E-state index in [4.69, 9.17) is 4.74 Å². The largest absolute Gasteiger partial charge is 0.494 e. The van der Waals surface area contributed by atoms with Crippen LogP contribution >= 0.6 is 11.8 Å². The van der Waals surface area contributed by atoms with E-state index >= 15 is 0 Å². The Labute approximate surface area is 187 Å². The zero-order valence-corrected chi connectivity index (χ0v) is 19.1. The van der Waals surface area contributed by atoms with Gasteiger partial charge in [0.2, 0.25) is 0 Å². The number of carbonyl (C=O) groups excluding carboxylic acids is 1. The van der Waals surface area contributed by atoms with Crippen molar-refractivity contribution in [2.45, 2.75) is 37.5 Å². The Morgan fingerprint density at radius 3 is 2.74 bits per heavy atom. The number of benzene rings is 2. The van der Waals surface area contributed by atoms with Crippen LogP contribution in [-0.2, 0) is 21.1 Å². The minimum Gasteiger partial charge on any atom is -0.494 e. The number of hydrogen-bond donors (Lipinski definition) is 0. The number of thioether (sulfide) groups is 1. The van der Waals surface area contributed by atoms with E-state index in [0.29, 0.717) is 11.8 Å². The second-order valence-electron chi connectivity index (χ2n) is 7.82. The summed E-state index contributed by atoms with van der Waals surface area (Å²) in [5.41, 5.74) is 1.71. The summed E-state index contributed by atoms with van der Waals surface area (Å²) in [4.78, 5) is 19.0. The molecule has 2 aliphatic heterocycles. The SMILES string of the molecule is CCCCOc1cccc(N2C(=NC(=O)Cc3ccccc3)S[C@H]3CS(=O)(=O)C[C@H]32)c1. The molecule has 0 radical (unpaired) electrons. The lowest BCUT2D eigenvalue weighted by Crippen LogP contribution is -2.37. The number of aliphatic imine (C=N–C) groups is 1. The molecule has 8 heteroatoms. The van der Waals surface area contributed by atoms with Gasteiger partial charge in [-0.25, -0.2) is 8.42 Å². The number of amides is 1. The van der Waals surface area contributed by atoms with Crippen molar-refractivity contribution in [3.8, 4) is 5.75 Å². The van der Waals surface area contributed by atoms with Crippen molar-refractivity contribution < 1.29 is 17.9 Å². The van der Waals surface area contributed by atoms with Crippen LogP contribution in [0.1, 0.15) is 25.3 Å². The number of anilines is 1. The number of sulfone groups is 1. The van der Waals surface area contributed by atoms with Gasteiger partial charge in [0.25, 0.3) is 5.91 Å². The van der Waals surface area contributed by atoms with E-state index in [0.717, 1.165) is 29.8 Å². The second kappa shape index (κ2) is 9.44.